The molecule has 1 aromatic carbocycles. The quantitative estimate of drug-likeness (QED) is 0.798. The highest BCUT2D eigenvalue weighted by Crippen LogP contribution is 2.28. The van der Waals surface area contributed by atoms with E-state index in [0.29, 0.717) is 24.9 Å². The fourth-order valence-corrected chi connectivity index (χ4v) is 3.78. The molecule has 9 heteroatoms. The number of benzene rings is 1. The summed E-state index contributed by atoms with van der Waals surface area (Å²) in [6, 6.07) is 4.92. The molecule has 1 unspecified atom stereocenters. The average molecular weight is 402 g/mol. The van der Waals surface area contributed by atoms with Crippen molar-refractivity contribution in [2.45, 2.75) is 26.4 Å². The van der Waals surface area contributed by atoms with E-state index in [1.54, 1.807) is 7.05 Å². The van der Waals surface area contributed by atoms with Crippen molar-refractivity contribution in [2.75, 3.05) is 26.0 Å². The third kappa shape index (κ3) is 2.75. The molecule has 1 aromatic heterocycles. The second-order valence-corrected chi connectivity index (χ2v) is 7.54. The number of imide groups is 1. The first kappa shape index (κ1) is 18.5. The number of amidine groups is 1. The van der Waals surface area contributed by atoms with Crippen molar-refractivity contribution in [1.82, 2.24) is 14.4 Å². The first-order valence-electron chi connectivity index (χ1n) is 9.04. The number of rotatable bonds is 4. The van der Waals surface area contributed by atoms with Crippen LogP contribution in [0.4, 0.5) is 16.4 Å². The van der Waals surface area contributed by atoms with Gasteiger partial charge in [-0.1, -0.05) is 22.7 Å². The molecule has 28 heavy (non-hydrogen) atoms. The molecule has 1 atom stereocenters. The van der Waals surface area contributed by atoms with Crippen molar-refractivity contribution in [3.8, 4) is 0 Å². The summed E-state index contributed by atoms with van der Waals surface area (Å²) >= 11 is 6.18. The normalized spacial score (nSPS) is 18.3. The molecule has 1 saturated heterocycles. The summed E-state index contributed by atoms with van der Waals surface area (Å²) in [5.41, 5.74) is 2.98. The summed E-state index contributed by atoms with van der Waals surface area (Å²) in [6.07, 6.45) is 1.91. The average Bonchev–Trinajstić information content (AvgIpc) is 3.17. The number of carbonyl (C=O) groups excluding carboxylic acids is 2. The van der Waals surface area contributed by atoms with E-state index in [4.69, 9.17) is 11.6 Å². The van der Waals surface area contributed by atoms with Crippen molar-refractivity contribution in [2.24, 2.45) is 4.99 Å². The summed E-state index contributed by atoms with van der Waals surface area (Å²) in [4.78, 5) is 32.0. The Kier molecular flexibility index (Phi) is 4.38. The molecule has 0 aliphatic carbocycles. The maximum Gasteiger partial charge on any atom is 0.401 e. The summed E-state index contributed by atoms with van der Waals surface area (Å²) < 4.78 is 3.88. The molecule has 0 spiro atoms. The number of fused-ring (bicyclic) bond motifs is 3. The summed E-state index contributed by atoms with van der Waals surface area (Å²) in [6.45, 7) is 5.27. The molecule has 8 nitrogen and oxygen atoms in total. The Morgan fingerprint density at radius 1 is 1.21 bits per heavy atom. The molecule has 1 N–H and O–H groups in total. The Morgan fingerprint density at radius 2 is 1.96 bits per heavy atom. The van der Waals surface area contributed by atoms with Gasteiger partial charge in [-0.05, 0) is 31.5 Å². The number of nitrogens with zero attached hydrogens (tertiary/aromatic N) is 5. The molecule has 3 amide bonds. The summed E-state index contributed by atoms with van der Waals surface area (Å²) in [5.74, 6) is 0.870. The maximum atomic E-state index is 12.6. The number of aromatic nitrogens is 2. The Hall–Kier alpha value is -2.87. The van der Waals surface area contributed by atoms with Crippen molar-refractivity contribution >= 4 is 41.0 Å². The Bertz CT molecular complexity index is 1030. The second-order valence-electron chi connectivity index (χ2n) is 7.13. The number of carbonyl (C=O) groups is 2. The maximum absolute atomic E-state index is 12.6. The van der Waals surface area contributed by atoms with Gasteiger partial charge in [0.25, 0.3) is 5.91 Å². The number of anilines is 1. The topological polar surface area (TPSA) is 73.8 Å². The van der Waals surface area contributed by atoms with Gasteiger partial charge in [-0.25, -0.2) is 13.9 Å². The second kappa shape index (κ2) is 6.63. The van der Waals surface area contributed by atoms with Crippen molar-refractivity contribution in [3.05, 3.63) is 40.7 Å². The predicted molar refractivity (Wildman–Crippen MR) is 106 cm³/mol. The number of nitrogens with one attached hydrogen (secondary N) is 1. The number of halogens is 1. The lowest BCUT2D eigenvalue weighted by Crippen LogP contribution is -2.61. The zero-order valence-electron chi connectivity index (χ0n) is 16.2. The van der Waals surface area contributed by atoms with Gasteiger partial charge in [0.15, 0.2) is 0 Å². The van der Waals surface area contributed by atoms with Crippen LogP contribution in [-0.4, -0.2) is 52.8 Å². The minimum atomic E-state index is -0.591. The predicted octanol–water partition coefficient (Wildman–Crippen LogP) is 2.27. The van der Waals surface area contributed by atoms with E-state index in [-0.39, 0.29) is 11.9 Å². The van der Waals surface area contributed by atoms with E-state index in [2.05, 4.69) is 10.3 Å². The molecule has 1 fully saturated rings. The number of aliphatic imine (C=N–C) groups is 1. The van der Waals surface area contributed by atoms with Crippen molar-refractivity contribution < 1.29 is 14.2 Å². The van der Waals surface area contributed by atoms with Gasteiger partial charge in [-0.3, -0.25) is 14.6 Å². The van der Waals surface area contributed by atoms with Gasteiger partial charge >= 0.3 is 12.0 Å². The van der Waals surface area contributed by atoms with Crippen LogP contribution in [0.1, 0.15) is 17.3 Å². The highest BCUT2D eigenvalue weighted by molar-refractivity contribution is 6.31. The number of hydrogen-bond donors (Lipinski definition) is 1. The molecule has 3 heterocycles. The SMILES string of the molecule is Cc1ccc(NCCn2c(C)c[n+]3c2N=C2C3C(=O)N(C)C(=O)N2C)cc1Cl. The lowest BCUT2D eigenvalue weighted by atomic mass is 10.2. The van der Waals surface area contributed by atoms with Crippen LogP contribution in [0.5, 0.6) is 0 Å². The van der Waals surface area contributed by atoms with Gasteiger partial charge in [0.2, 0.25) is 11.9 Å². The Morgan fingerprint density at radius 3 is 2.68 bits per heavy atom. The molecule has 2 aromatic rings. The van der Waals surface area contributed by atoms with E-state index in [9.17, 15) is 9.59 Å². The number of likely N-dealkylation sites (N-methyl/N-ethyl adjacent to an activating group) is 2. The van der Waals surface area contributed by atoms with Crippen LogP contribution in [0.3, 0.4) is 0 Å². The molecular formula is C19H22ClN6O2+. The third-order valence-corrected chi connectivity index (χ3v) is 5.69. The third-order valence-electron chi connectivity index (χ3n) is 5.28. The van der Waals surface area contributed by atoms with Crippen LogP contribution in [-0.2, 0) is 11.3 Å². The Balaban J connectivity index is 1.57. The molecule has 2 aliphatic heterocycles. The van der Waals surface area contributed by atoms with E-state index in [1.165, 1.54) is 11.9 Å². The highest BCUT2D eigenvalue weighted by Gasteiger charge is 2.52. The smallest absolute Gasteiger partial charge is 0.382 e. The highest BCUT2D eigenvalue weighted by atomic mass is 35.5. The number of hydrogen-bond acceptors (Lipinski definition) is 4. The lowest BCUT2D eigenvalue weighted by Gasteiger charge is -2.30. The molecule has 4 rings (SSSR count). The molecule has 146 valence electrons. The van der Waals surface area contributed by atoms with E-state index in [1.807, 2.05) is 47.4 Å². The zero-order valence-corrected chi connectivity index (χ0v) is 17.0. The van der Waals surface area contributed by atoms with Gasteiger partial charge in [-0.2, -0.15) is 0 Å². The number of amides is 3. The van der Waals surface area contributed by atoms with E-state index in [0.717, 1.165) is 26.9 Å². The van der Waals surface area contributed by atoms with Gasteiger partial charge in [0, 0.05) is 31.4 Å². The van der Waals surface area contributed by atoms with Gasteiger partial charge < -0.3 is 5.32 Å². The lowest BCUT2D eigenvalue weighted by molar-refractivity contribution is -0.677. The van der Waals surface area contributed by atoms with Crippen LogP contribution >= 0.6 is 11.6 Å². The first-order chi connectivity index (χ1) is 13.3. The standard InChI is InChI=1S/C19H22ClN6O2/c1-11-5-6-13(9-14(11)20)21-7-8-25-12(2)10-26-15-16(22-18(25)26)23(3)19(28)24(4)17(15)27/h5-6,9-10,15,21H,7-8H2,1-4H3/q+1. The molecular weight excluding hydrogens is 380 g/mol. The summed E-state index contributed by atoms with van der Waals surface area (Å²) in [5, 5.41) is 4.09. The van der Waals surface area contributed by atoms with Gasteiger partial charge in [-0.15, -0.1) is 0 Å². The molecule has 2 aliphatic rings. The fourth-order valence-electron chi connectivity index (χ4n) is 3.60. The van der Waals surface area contributed by atoms with Crippen molar-refractivity contribution in [3.63, 3.8) is 0 Å². The van der Waals surface area contributed by atoms with Crippen LogP contribution < -0.4 is 9.88 Å². The minimum absolute atomic E-state index is 0.268. The number of urea groups is 1. The van der Waals surface area contributed by atoms with E-state index >= 15 is 0 Å². The number of imidazole rings is 1. The zero-order chi connectivity index (χ0) is 20.2. The van der Waals surface area contributed by atoms with Crippen LogP contribution in [0.15, 0.2) is 29.4 Å². The monoisotopic (exact) mass is 401 g/mol. The van der Waals surface area contributed by atoms with Gasteiger partial charge in [0.1, 0.15) is 11.9 Å². The Labute approximate surface area is 168 Å². The summed E-state index contributed by atoms with van der Waals surface area (Å²) in [7, 11) is 3.14. The largest absolute Gasteiger partial charge is 0.401 e. The van der Waals surface area contributed by atoms with Gasteiger partial charge in [0.05, 0.1) is 6.54 Å². The fraction of sp³-hybridized carbons (Fsp3) is 0.368. The van der Waals surface area contributed by atoms with E-state index < -0.39 is 6.04 Å². The van der Waals surface area contributed by atoms with Crippen LogP contribution in [0.25, 0.3) is 0 Å². The molecule has 0 bridgehead atoms. The van der Waals surface area contributed by atoms with Crippen LogP contribution in [0, 0.1) is 13.8 Å². The molecule has 0 radical (unpaired) electrons. The molecule has 0 saturated carbocycles. The first-order valence-corrected chi connectivity index (χ1v) is 9.42. The van der Waals surface area contributed by atoms with Crippen LogP contribution in [0.2, 0.25) is 5.02 Å². The minimum Gasteiger partial charge on any atom is -0.382 e. The number of aryl methyl sites for hydroxylation is 2. The van der Waals surface area contributed by atoms with Crippen molar-refractivity contribution in [1.29, 1.82) is 0 Å².